The number of cyclic esters (lactones) is 2. The first-order valence-electron chi connectivity index (χ1n) is 8.47. The predicted molar refractivity (Wildman–Crippen MR) is 88.1 cm³/mol. The Hall–Kier alpha value is -2.62. The molecule has 146 valence electrons. The summed E-state index contributed by atoms with van der Waals surface area (Å²) in [5.74, 6) is -0.0340. The van der Waals surface area contributed by atoms with Gasteiger partial charge in [-0.05, 0) is 24.3 Å². The third-order valence-electron chi connectivity index (χ3n) is 3.51. The van der Waals surface area contributed by atoms with E-state index in [4.69, 9.17) is 32.5 Å². The van der Waals surface area contributed by atoms with Crippen molar-refractivity contribution in [2.45, 2.75) is 13.2 Å². The molecule has 2 aromatic rings. The molecular weight excluding hydrogens is 360 g/mol. The van der Waals surface area contributed by atoms with Crippen LogP contribution < -0.4 is 0 Å². The van der Waals surface area contributed by atoms with Crippen LogP contribution in [0.1, 0.15) is 32.6 Å². The van der Waals surface area contributed by atoms with Crippen LogP contribution in [0.3, 0.4) is 0 Å². The summed E-state index contributed by atoms with van der Waals surface area (Å²) in [4.78, 5) is 23.7. The second kappa shape index (κ2) is 9.91. The monoisotopic (exact) mass is 380 g/mol. The van der Waals surface area contributed by atoms with Crippen molar-refractivity contribution in [2.24, 2.45) is 0 Å². The van der Waals surface area contributed by atoms with E-state index in [-0.39, 0.29) is 51.2 Å². The van der Waals surface area contributed by atoms with Crippen molar-refractivity contribution in [3.63, 3.8) is 0 Å². The van der Waals surface area contributed by atoms with E-state index in [2.05, 4.69) is 0 Å². The fourth-order valence-corrected chi connectivity index (χ4v) is 2.23. The summed E-state index contributed by atoms with van der Waals surface area (Å²) < 4.78 is 36.9. The number of carbonyl (C=O) groups is 2. The smallest absolute Gasteiger partial charge is 0.374 e. The van der Waals surface area contributed by atoms with Gasteiger partial charge in [-0.2, -0.15) is 0 Å². The third-order valence-corrected chi connectivity index (χ3v) is 3.51. The molecule has 1 aliphatic heterocycles. The summed E-state index contributed by atoms with van der Waals surface area (Å²) in [6.45, 7) is 1.60. The van der Waals surface area contributed by atoms with Crippen molar-refractivity contribution >= 4 is 11.9 Å². The van der Waals surface area contributed by atoms with E-state index in [9.17, 15) is 9.59 Å². The van der Waals surface area contributed by atoms with Gasteiger partial charge in [-0.15, -0.1) is 0 Å². The minimum Gasteiger partial charge on any atom is -0.457 e. The Balaban J connectivity index is 1.59. The molecule has 0 amide bonds. The van der Waals surface area contributed by atoms with Gasteiger partial charge in [0, 0.05) is 0 Å². The predicted octanol–water partition coefficient (Wildman–Crippen LogP) is 1.95. The number of furan rings is 2. The molecule has 0 saturated heterocycles. The van der Waals surface area contributed by atoms with Gasteiger partial charge in [-0.25, -0.2) is 9.59 Å². The van der Waals surface area contributed by atoms with Crippen LogP contribution in [0.4, 0.5) is 0 Å². The Morgan fingerprint density at radius 1 is 0.556 bits per heavy atom. The van der Waals surface area contributed by atoms with Gasteiger partial charge in [-0.1, -0.05) is 0 Å². The van der Waals surface area contributed by atoms with E-state index in [0.717, 1.165) is 0 Å². The number of ether oxygens (including phenoxy) is 5. The average Bonchev–Trinajstić information content (AvgIpc) is 3.32. The molecule has 0 saturated carbocycles. The largest absolute Gasteiger partial charge is 0.457 e. The van der Waals surface area contributed by atoms with Crippen LogP contribution >= 0.6 is 0 Å². The zero-order valence-electron chi connectivity index (χ0n) is 14.6. The van der Waals surface area contributed by atoms with Crippen LogP contribution in [0.15, 0.2) is 33.1 Å². The number of rotatable bonds is 0. The van der Waals surface area contributed by atoms with E-state index in [1.807, 2.05) is 0 Å². The number of hydrogen-bond donors (Lipinski definition) is 0. The minimum absolute atomic E-state index is 0.0888. The Morgan fingerprint density at radius 2 is 1.00 bits per heavy atom. The molecular formula is C18H20O9. The average molecular weight is 380 g/mol. The normalized spacial score (nSPS) is 18.2. The summed E-state index contributed by atoms with van der Waals surface area (Å²) in [5.41, 5.74) is 0. The van der Waals surface area contributed by atoms with E-state index in [1.54, 1.807) is 12.1 Å². The first-order valence-corrected chi connectivity index (χ1v) is 8.47. The van der Waals surface area contributed by atoms with Gasteiger partial charge in [0.2, 0.25) is 11.5 Å². The molecule has 1 aliphatic rings. The Labute approximate surface area is 155 Å². The van der Waals surface area contributed by atoms with Gasteiger partial charge in [0.05, 0.1) is 26.4 Å². The first kappa shape index (κ1) is 19.2. The van der Waals surface area contributed by atoms with E-state index in [1.165, 1.54) is 12.1 Å². The standard InChI is InChI=1S/C18H20O9/c19-17-15-3-1-13(26-15)11-23-12-14-2-4-16(27-14)18(20)25-10-8-22-6-5-21-7-9-24-17/h1-4H,5-12H2. The van der Waals surface area contributed by atoms with Gasteiger partial charge < -0.3 is 32.5 Å². The first-order chi connectivity index (χ1) is 13.2. The lowest BCUT2D eigenvalue weighted by Gasteiger charge is -2.06. The lowest BCUT2D eigenvalue weighted by molar-refractivity contribution is 0.000670. The summed E-state index contributed by atoms with van der Waals surface area (Å²) in [5, 5.41) is 0. The van der Waals surface area contributed by atoms with Crippen LogP contribution in [-0.4, -0.2) is 51.6 Å². The highest BCUT2D eigenvalue weighted by molar-refractivity contribution is 5.86. The highest BCUT2D eigenvalue weighted by Crippen LogP contribution is 2.14. The molecule has 0 fully saturated rings. The molecule has 3 heterocycles. The SMILES string of the molecule is O=C1OCCOCCOCCOC(=O)c2ccc(o2)COCc2ccc1o2. The summed E-state index contributed by atoms with van der Waals surface area (Å²) >= 11 is 0. The van der Waals surface area contributed by atoms with Crippen LogP contribution in [0.5, 0.6) is 0 Å². The highest BCUT2D eigenvalue weighted by atomic mass is 16.6. The molecule has 0 aliphatic carbocycles. The maximum atomic E-state index is 11.9. The molecule has 3 rings (SSSR count). The quantitative estimate of drug-likeness (QED) is 0.634. The molecule has 9 nitrogen and oxygen atoms in total. The van der Waals surface area contributed by atoms with Crippen molar-refractivity contribution in [3.8, 4) is 0 Å². The zero-order valence-corrected chi connectivity index (χ0v) is 14.6. The summed E-state index contributed by atoms with van der Waals surface area (Å²) in [6.07, 6.45) is 0. The third kappa shape index (κ3) is 5.95. The van der Waals surface area contributed by atoms with Gasteiger partial charge in [0.15, 0.2) is 0 Å². The molecule has 27 heavy (non-hydrogen) atoms. The maximum Gasteiger partial charge on any atom is 0.374 e. The Morgan fingerprint density at radius 3 is 1.48 bits per heavy atom. The molecule has 0 spiro atoms. The molecule has 0 unspecified atom stereocenters. The fraction of sp³-hybridized carbons (Fsp3) is 0.444. The van der Waals surface area contributed by atoms with Crippen molar-refractivity contribution < 1.29 is 42.1 Å². The van der Waals surface area contributed by atoms with Gasteiger partial charge in [0.1, 0.15) is 37.9 Å². The second-order valence-electron chi connectivity index (χ2n) is 5.52. The lowest BCUT2D eigenvalue weighted by atomic mass is 10.4. The van der Waals surface area contributed by atoms with Crippen LogP contribution in [0.25, 0.3) is 0 Å². The molecule has 9 heteroatoms. The second-order valence-corrected chi connectivity index (χ2v) is 5.52. The van der Waals surface area contributed by atoms with Crippen molar-refractivity contribution in [3.05, 3.63) is 47.3 Å². The molecule has 0 N–H and O–H groups in total. The van der Waals surface area contributed by atoms with Crippen molar-refractivity contribution in [2.75, 3.05) is 39.6 Å². The molecule has 4 bridgehead atoms. The minimum atomic E-state index is -0.571. The van der Waals surface area contributed by atoms with E-state index < -0.39 is 11.9 Å². The lowest BCUT2D eigenvalue weighted by Crippen LogP contribution is -2.14. The van der Waals surface area contributed by atoms with Crippen LogP contribution in [0, 0.1) is 0 Å². The number of carbonyl (C=O) groups excluding carboxylic acids is 2. The molecule has 0 radical (unpaired) electrons. The van der Waals surface area contributed by atoms with Crippen LogP contribution in [0.2, 0.25) is 0 Å². The van der Waals surface area contributed by atoms with E-state index in [0.29, 0.717) is 24.7 Å². The van der Waals surface area contributed by atoms with E-state index >= 15 is 0 Å². The Bertz CT molecular complexity index is 683. The molecule has 2 aromatic heterocycles. The fourth-order valence-electron chi connectivity index (χ4n) is 2.23. The van der Waals surface area contributed by atoms with Crippen molar-refractivity contribution in [1.82, 2.24) is 0 Å². The zero-order chi connectivity index (χ0) is 18.9. The van der Waals surface area contributed by atoms with Crippen LogP contribution in [-0.2, 0) is 36.9 Å². The number of hydrogen-bond acceptors (Lipinski definition) is 9. The van der Waals surface area contributed by atoms with Gasteiger partial charge in [-0.3, -0.25) is 0 Å². The number of esters is 2. The topological polar surface area (TPSA) is 107 Å². The van der Waals surface area contributed by atoms with Gasteiger partial charge >= 0.3 is 11.9 Å². The Kier molecular flexibility index (Phi) is 7.03. The maximum absolute atomic E-state index is 11.9. The number of fused-ring (bicyclic) bond motifs is 4. The van der Waals surface area contributed by atoms with Gasteiger partial charge in [0.25, 0.3) is 0 Å². The molecule has 0 atom stereocenters. The molecule has 0 aromatic carbocycles. The summed E-state index contributed by atoms with van der Waals surface area (Å²) in [7, 11) is 0. The highest BCUT2D eigenvalue weighted by Gasteiger charge is 2.15. The summed E-state index contributed by atoms with van der Waals surface area (Å²) in [6, 6.07) is 6.29. The van der Waals surface area contributed by atoms with Crippen molar-refractivity contribution in [1.29, 1.82) is 0 Å².